The molecule has 0 aliphatic rings. The first kappa shape index (κ1) is 22.3. The second-order valence-electron chi connectivity index (χ2n) is 7.15. The number of ether oxygens (including phenoxy) is 2. The van der Waals surface area contributed by atoms with Gasteiger partial charge in [-0.25, -0.2) is 14.3 Å². The van der Waals surface area contributed by atoms with E-state index in [-0.39, 0.29) is 11.3 Å². The van der Waals surface area contributed by atoms with Gasteiger partial charge in [-0.05, 0) is 48.1 Å². The summed E-state index contributed by atoms with van der Waals surface area (Å²) in [6.45, 7) is 6.27. The Kier molecular flexibility index (Phi) is 6.90. The Hall–Kier alpha value is -3.41. The number of carbonyl (C=O) groups excluding carboxylic acids is 2. The minimum Gasteiger partial charge on any atom is -0.465 e. The molecular weight excluding hydrogens is 392 g/mol. The topological polar surface area (TPSA) is 70.4 Å². The van der Waals surface area contributed by atoms with Gasteiger partial charge >= 0.3 is 11.9 Å². The fraction of sp³-hybridized carbons (Fsp3) is 0.320. The van der Waals surface area contributed by atoms with E-state index >= 15 is 0 Å². The number of nitrogens with zero attached hydrogens (tertiary/aromatic N) is 2. The van der Waals surface area contributed by atoms with Crippen molar-refractivity contribution in [2.75, 3.05) is 14.2 Å². The Morgan fingerprint density at radius 1 is 0.871 bits per heavy atom. The van der Waals surface area contributed by atoms with Gasteiger partial charge in [-0.2, -0.15) is 5.10 Å². The largest absolute Gasteiger partial charge is 0.465 e. The highest BCUT2D eigenvalue weighted by Crippen LogP contribution is 2.35. The van der Waals surface area contributed by atoms with Crippen LogP contribution >= 0.6 is 0 Å². The second kappa shape index (κ2) is 9.60. The average Bonchev–Trinajstić information content (AvgIpc) is 3.22. The zero-order valence-electron chi connectivity index (χ0n) is 18.7. The average molecular weight is 421 g/mol. The van der Waals surface area contributed by atoms with Gasteiger partial charge in [-0.3, -0.25) is 0 Å². The molecule has 1 heterocycles. The van der Waals surface area contributed by atoms with Crippen molar-refractivity contribution in [2.45, 2.75) is 40.0 Å². The summed E-state index contributed by atoms with van der Waals surface area (Å²) in [5.41, 5.74) is 5.53. The highest BCUT2D eigenvalue weighted by molar-refractivity contribution is 6.07. The molecule has 0 saturated heterocycles. The van der Waals surface area contributed by atoms with E-state index in [0.717, 1.165) is 36.0 Å². The molecule has 0 atom stereocenters. The van der Waals surface area contributed by atoms with Gasteiger partial charge in [-0.15, -0.1) is 0 Å². The first-order valence-electron chi connectivity index (χ1n) is 10.5. The number of hydrogen-bond acceptors (Lipinski definition) is 5. The Morgan fingerprint density at radius 3 is 1.94 bits per heavy atom. The van der Waals surface area contributed by atoms with Crippen LogP contribution in [0.1, 0.15) is 58.3 Å². The first-order chi connectivity index (χ1) is 15.0. The number of methoxy groups -OCH3 is 2. The van der Waals surface area contributed by atoms with Crippen LogP contribution in [0.5, 0.6) is 0 Å². The highest BCUT2D eigenvalue weighted by Gasteiger charge is 2.32. The molecule has 0 fully saturated rings. The number of hydrogen-bond donors (Lipinski definition) is 0. The molecule has 0 aliphatic heterocycles. The molecule has 0 saturated carbocycles. The maximum atomic E-state index is 12.9. The Bertz CT molecular complexity index is 1080. The van der Waals surface area contributed by atoms with Crippen molar-refractivity contribution in [3.05, 3.63) is 70.4 Å². The van der Waals surface area contributed by atoms with Crippen LogP contribution < -0.4 is 0 Å². The van der Waals surface area contributed by atoms with E-state index in [4.69, 9.17) is 14.6 Å². The lowest BCUT2D eigenvalue weighted by molar-refractivity contribution is 0.0549. The maximum absolute atomic E-state index is 12.9. The van der Waals surface area contributed by atoms with Crippen molar-refractivity contribution in [3.8, 4) is 16.9 Å². The lowest BCUT2D eigenvalue weighted by Crippen LogP contribution is -2.15. The molecule has 2 aromatic carbocycles. The molecule has 6 heteroatoms. The standard InChI is InChI=1S/C25H28N2O4/c1-6-16-14-17(7-2)20(18(8-3)15-16)22-21(24(28)30-4)23(25(29)31-5)27(26-22)19-12-10-9-11-13-19/h9-15H,6-8H2,1-5H3. The van der Waals surface area contributed by atoms with Gasteiger partial charge in [0.2, 0.25) is 0 Å². The van der Waals surface area contributed by atoms with Crippen LogP contribution in [-0.4, -0.2) is 35.9 Å². The number of para-hydroxylation sites is 1. The highest BCUT2D eigenvalue weighted by atomic mass is 16.5. The fourth-order valence-electron chi connectivity index (χ4n) is 3.84. The summed E-state index contributed by atoms with van der Waals surface area (Å²) in [4.78, 5) is 25.7. The summed E-state index contributed by atoms with van der Waals surface area (Å²) in [7, 11) is 2.59. The van der Waals surface area contributed by atoms with E-state index in [2.05, 4.69) is 32.9 Å². The summed E-state index contributed by atoms with van der Waals surface area (Å²) in [5, 5.41) is 4.78. The molecule has 162 valence electrons. The van der Waals surface area contributed by atoms with Crippen LogP contribution in [0, 0.1) is 0 Å². The van der Waals surface area contributed by atoms with Crippen LogP contribution in [-0.2, 0) is 28.7 Å². The normalized spacial score (nSPS) is 10.7. The molecule has 0 amide bonds. The van der Waals surface area contributed by atoms with Crippen LogP contribution in [0.4, 0.5) is 0 Å². The molecule has 3 aromatic rings. The van der Waals surface area contributed by atoms with Crippen LogP contribution in [0.25, 0.3) is 16.9 Å². The molecule has 0 N–H and O–H groups in total. The summed E-state index contributed by atoms with van der Waals surface area (Å²) in [6.07, 6.45) is 2.45. The fourth-order valence-corrected chi connectivity index (χ4v) is 3.84. The van der Waals surface area contributed by atoms with E-state index in [1.165, 1.54) is 24.5 Å². The van der Waals surface area contributed by atoms with Gasteiger partial charge in [0, 0.05) is 5.56 Å². The molecular formula is C25H28N2O4. The summed E-state index contributed by atoms with van der Waals surface area (Å²) < 4.78 is 11.6. The van der Waals surface area contributed by atoms with E-state index in [9.17, 15) is 9.59 Å². The number of carbonyl (C=O) groups is 2. The first-order valence-corrected chi connectivity index (χ1v) is 10.5. The third-order valence-electron chi connectivity index (χ3n) is 5.42. The van der Waals surface area contributed by atoms with E-state index in [1.807, 2.05) is 30.3 Å². The molecule has 3 rings (SSSR count). The second-order valence-corrected chi connectivity index (χ2v) is 7.15. The predicted octanol–water partition coefficient (Wildman–Crippen LogP) is 4.80. The minimum absolute atomic E-state index is 0.0548. The van der Waals surface area contributed by atoms with Crippen LogP contribution in [0.15, 0.2) is 42.5 Å². The number of aryl methyl sites for hydroxylation is 3. The van der Waals surface area contributed by atoms with Crippen molar-refractivity contribution in [1.82, 2.24) is 9.78 Å². The molecule has 0 unspecified atom stereocenters. The number of esters is 2. The molecule has 6 nitrogen and oxygen atoms in total. The van der Waals surface area contributed by atoms with Crippen LogP contribution in [0.3, 0.4) is 0 Å². The quantitative estimate of drug-likeness (QED) is 0.514. The van der Waals surface area contributed by atoms with Crippen molar-refractivity contribution in [1.29, 1.82) is 0 Å². The molecule has 0 aliphatic carbocycles. The molecule has 1 aromatic heterocycles. The third-order valence-corrected chi connectivity index (χ3v) is 5.42. The van der Waals surface area contributed by atoms with Gasteiger partial charge < -0.3 is 9.47 Å². The van der Waals surface area contributed by atoms with Gasteiger partial charge in [-0.1, -0.05) is 51.1 Å². The van der Waals surface area contributed by atoms with Crippen LogP contribution in [0.2, 0.25) is 0 Å². The summed E-state index contributed by atoms with van der Waals surface area (Å²) in [6, 6.07) is 13.5. The SMILES string of the molecule is CCc1cc(CC)c(-c2nn(-c3ccccc3)c(C(=O)OC)c2C(=O)OC)c(CC)c1. The summed E-state index contributed by atoms with van der Waals surface area (Å²) in [5.74, 6) is -1.27. The van der Waals surface area contributed by atoms with Crippen molar-refractivity contribution in [2.24, 2.45) is 0 Å². The monoisotopic (exact) mass is 420 g/mol. The molecule has 0 bridgehead atoms. The number of aromatic nitrogens is 2. The van der Waals surface area contributed by atoms with Crippen molar-refractivity contribution in [3.63, 3.8) is 0 Å². The van der Waals surface area contributed by atoms with E-state index < -0.39 is 11.9 Å². The van der Waals surface area contributed by atoms with Gasteiger partial charge in [0.1, 0.15) is 11.3 Å². The number of rotatable bonds is 7. The summed E-state index contributed by atoms with van der Waals surface area (Å²) >= 11 is 0. The molecule has 31 heavy (non-hydrogen) atoms. The van der Waals surface area contributed by atoms with Gasteiger partial charge in [0.05, 0.1) is 19.9 Å². The predicted molar refractivity (Wildman–Crippen MR) is 120 cm³/mol. The molecule has 0 radical (unpaired) electrons. The van der Waals surface area contributed by atoms with Gasteiger partial charge in [0.15, 0.2) is 5.69 Å². The minimum atomic E-state index is -0.649. The Labute approximate surface area is 182 Å². The zero-order valence-corrected chi connectivity index (χ0v) is 18.7. The van der Waals surface area contributed by atoms with Crippen molar-refractivity contribution < 1.29 is 19.1 Å². The maximum Gasteiger partial charge on any atom is 0.357 e. The van der Waals surface area contributed by atoms with Gasteiger partial charge in [0.25, 0.3) is 0 Å². The lowest BCUT2D eigenvalue weighted by atomic mass is 9.90. The molecule has 0 spiro atoms. The number of benzene rings is 2. The van der Waals surface area contributed by atoms with Crippen molar-refractivity contribution >= 4 is 11.9 Å². The Morgan fingerprint density at radius 2 is 1.45 bits per heavy atom. The Balaban J connectivity index is 2.45. The van der Waals surface area contributed by atoms with E-state index in [0.29, 0.717) is 11.4 Å². The lowest BCUT2D eigenvalue weighted by Gasteiger charge is -2.15. The van der Waals surface area contributed by atoms with E-state index in [1.54, 1.807) is 0 Å². The zero-order chi connectivity index (χ0) is 22.5. The third kappa shape index (κ3) is 4.10. The smallest absolute Gasteiger partial charge is 0.357 e.